The molecule has 1 amide bonds. The van der Waals surface area contributed by atoms with Gasteiger partial charge >= 0.3 is 0 Å². The molecule has 0 aliphatic rings. The minimum Gasteiger partial charge on any atom is -0.481 e. The zero-order valence-corrected chi connectivity index (χ0v) is 10.6. The van der Waals surface area contributed by atoms with Crippen molar-refractivity contribution in [2.75, 3.05) is 20.3 Å². The Morgan fingerprint density at radius 1 is 1.65 bits per heavy atom. The number of aromatic nitrogens is 2. The summed E-state index contributed by atoms with van der Waals surface area (Å²) in [5, 5.41) is 15.8. The number of rotatable bonds is 5. The molecule has 0 saturated heterocycles. The van der Waals surface area contributed by atoms with E-state index < -0.39 is 0 Å². The van der Waals surface area contributed by atoms with Gasteiger partial charge in [-0.1, -0.05) is 6.92 Å². The average Bonchev–Trinajstić information content (AvgIpc) is 2.59. The molecular weight excluding hydrogens is 222 g/mol. The van der Waals surface area contributed by atoms with Gasteiger partial charge in [-0.2, -0.15) is 5.10 Å². The van der Waals surface area contributed by atoms with E-state index in [1.165, 1.54) is 11.8 Å². The van der Waals surface area contributed by atoms with Crippen LogP contribution in [0.25, 0.3) is 0 Å². The molecule has 0 aromatic carbocycles. The van der Waals surface area contributed by atoms with E-state index in [4.69, 9.17) is 9.84 Å². The number of hydrogen-bond donors (Lipinski definition) is 2. The van der Waals surface area contributed by atoms with Crippen LogP contribution in [0.3, 0.4) is 0 Å². The minimum atomic E-state index is -0.229. The van der Waals surface area contributed by atoms with Crippen molar-refractivity contribution in [2.24, 2.45) is 13.0 Å². The Labute approximate surface area is 101 Å². The number of carbonyl (C=O) groups excluding carboxylic acids is 1. The molecule has 96 valence electrons. The van der Waals surface area contributed by atoms with Crippen LogP contribution in [-0.4, -0.2) is 41.1 Å². The number of hydrogen-bond acceptors (Lipinski definition) is 4. The quantitative estimate of drug-likeness (QED) is 0.766. The zero-order chi connectivity index (χ0) is 13.0. The van der Waals surface area contributed by atoms with E-state index in [1.807, 2.05) is 6.92 Å². The fourth-order valence-corrected chi connectivity index (χ4v) is 1.55. The van der Waals surface area contributed by atoms with Crippen LogP contribution in [0.1, 0.15) is 23.0 Å². The summed E-state index contributed by atoms with van der Waals surface area (Å²) < 4.78 is 6.67. The molecule has 0 saturated carbocycles. The number of aliphatic hydroxyl groups is 1. The monoisotopic (exact) mass is 241 g/mol. The second-order valence-corrected chi connectivity index (χ2v) is 4.09. The number of carbonyl (C=O) groups is 1. The minimum absolute atomic E-state index is 0.0296. The summed E-state index contributed by atoms with van der Waals surface area (Å²) in [7, 11) is 3.22. The maximum absolute atomic E-state index is 12.0. The predicted octanol–water partition coefficient (Wildman–Crippen LogP) is 0.0953. The van der Waals surface area contributed by atoms with Gasteiger partial charge in [-0.05, 0) is 12.8 Å². The largest absolute Gasteiger partial charge is 0.481 e. The standard InChI is InChI=1S/C11H19N3O3/c1-7(6-15)5-12-10(16)9-8(2)13-14(3)11(9)17-4/h7,15H,5-6H2,1-4H3,(H,12,16). The molecule has 1 unspecified atom stereocenters. The van der Waals surface area contributed by atoms with Crippen LogP contribution in [0.4, 0.5) is 0 Å². The highest BCUT2D eigenvalue weighted by Gasteiger charge is 2.21. The Kier molecular flexibility index (Phi) is 4.51. The molecule has 1 aromatic heterocycles. The first-order chi connectivity index (χ1) is 8.01. The lowest BCUT2D eigenvalue weighted by Crippen LogP contribution is -2.30. The van der Waals surface area contributed by atoms with Gasteiger partial charge < -0.3 is 15.2 Å². The van der Waals surface area contributed by atoms with Crippen molar-refractivity contribution in [1.29, 1.82) is 0 Å². The molecule has 0 fully saturated rings. The van der Waals surface area contributed by atoms with Crippen LogP contribution in [-0.2, 0) is 7.05 Å². The van der Waals surface area contributed by atoms with Gasteiger partial charge in [0.1, 0.15) is 5.56 Å². The number of nitrogens with one attached hydrogen (secondary N) is 1. The van der Waals surface area contributed by atoms with Crippen molar-refractivity contribution in [3.8, 4) is 5.88 Å². The highest BCUT2D eigenvalue weighted by Crippen LogP contribution is 2.20. The third-order valence-electron chi connectivity index (χ3n) is 2.51. The molecule has 1 heterocycles. The van der Waals surface area contributed by atoms with E-state index in [2.05, 4.69) is 10.4 Å². The molecule has 6 nitrogen and oxygen atoms in total. The Morgan fingerprint density at radius 3 is 2.82 bits per heavy atom. The van der Waals surface area contributed by atoms with Gasteiger partial charge in [0.05, 0.1) is 12.8 Å². The zero-order valence-electron chi connectivity index (χ0n) is 10.6. The molecule has 1 aromatic rings. The Balaban J connectivity index is 2.81. The van der Waals surface area contributed by atoms with Crippen molar-refractivity contribution < 1.29 is 14.6 Å². The van der Waals surface area contributed by atoms with Crippen molar-refractivity contribution in [3.05, 3.63) is 11.3 Å². The van der Waals surface area contributed by atoms with Crippen LogP contribution in [0.2, 0.25) is 0 Å². The molecule has 0 aliphatic carbocycles. The predicted molar refractivity (Wildman–Crippen MR) is 63.1 cm³/mol. The Hall–Kier alpha value is -1.56. The van der Waals surface area contributed by atoms with E-state index in [1.54, 1.807) is 14.0 Å². The molecule has 1 atom stereocenters. The lowest BCUT2D eigenvalue weighted by molar-refractivity contribution is 0.0938. The van der Waals surface area contributed by atoms with Crippen LogP contribution < -0.4 is 10.1 Å². The average molecular weight is 241 g/mol. The number of amides is 1. The highest BCUT2D eigenvalue weighted by molar-refractivity contribution is 5.97. The molecule has 2 N–H and O–H groups in total. The number of aliphatic hydroxyl groups excluding tert-OH is 1. The number of aryl methyl sites for hydroxylation is 2. The van der Waals surface area contributed by atoms with Gasteiger partial charge in [-0.15, -0.1) is 0 Å². The maximum atomic E-state index is 12.0. The second-order valence-electron chi connectivity index (χ2n) is 4.09. The fraction of sp³-hybridized carbons (Fsp3) is 0.636. The topological polar surface area (TPSA) is 76.4 Å². The molecule has 1 rings (SSSR count). The van der Waals surface area contributed by atoms with Gasteiger partial charge in [0.2, 0.25) is 5.88 Å². The van der Waals surface area contributed by atoms with Crippen molar-refractivity contribution in [3.63, 3.8) is 0 Å². The SMILES string of the molecule is COc1c(C(=O)NCC(C)CO)c(C)nn1C. The van der Waals surface area contributed by atoms with Crippen LogP contribution in [0.15, 0.2) is 0 Å². The Morgan fingerprint density at radius 2 is 2.29 bits per heavy atom. The first kappa shape index (κ1) is 13.5. The molecule has 17 heavy (non-hydrogen) atoms. The van der Waals surface area contributed by atoms with E-state index in [9.17, 15) is 4.79 Å². The van der Waals surface area contributed by atoms with Crippen molar-refractivity contribution in [1.82, 2.24) is 15.1 Å². The third kappa shape index (κ3) is 2.97. The second kappa shape index (κ2) is 5.67. The van der Waals surface area contributed by atoms with Crippen LogP contribution >= 0.6 is 0 Å². The molecule has 0 aliphatic heterocycles. The highest BCUT2D eigenvalue weighted by atomic mass is 16.5. The summed E-state index contributed by atoms with van der Waals surface area (Å²) in [6.07, 6.45) is 0. The van der Waals surface area contributed by atoms with Gasteiger partial charge in [0.15, 0.2) is 0 Å². The first-order valence-electron chi connectivity index (χ1n) is 5.47. The third-order valence-corrected chi connectivity index (χ3v) is 2.51. The van der Waals surface area contributed by atoms with Crippen molar-refractivity contribution >= 4 is 5.91 Å². The van der Waals surface area contributed by atoms with E-state index in [0.29, 0.717) is 23.7 Å². The van der Waals surface area contributed by atoms with E-state index >= 15 is 0 Å². The summed E-state index contributed by atoms with van der Waals surface area (Å²) in [6.45, 7) is 4.08. The smallest absolute Gasteiger partial charge is 0.258 e. The van der Waals surface area contributed by atoms with Crippen LogP contribution in [0, 0.1) is 12.8 Å². The van der Waals surface area contributed by atoms with E-state index in [0.717, 1.165) is 0 Å². The first-order valence-corrected chi connectivity index (χ1v) is 5.47. The summed E-state index contributed by atoms with van der Waals surface area (Å²) in [5.41, 5.74) is 1.07. The summed E-state index contributed by atoms with van der Waals surface area (Å²) in [6, 6.07) is 0. The molecule has 0 bridgehead atoms. The maximum Gasteiger partial charge on any atom is 0.258 e. The van der Waals surface area contributed by atoms with Gasteiger partial charge in [-0.3, -0.25) is 4.79 Å². The summed E-state index contributed by atoms with van der Waals surface area (Å²) >= 11 is 0. The molecule has 0 spiro atoms. The summed E-state index contributed by atoms with van der Waals surface area (Å²) in [5.74, 6) is 0.242. The molecular formula is C11H19N3O3. The van der Waals surface area contributed by atoms with Crippen molar-refractivity contribution in [2.45, 2.75) is 13.8 Å². The van der Waals surface area contributed by atoms with Crippen LogP contribution in [0.5, 0.6) is 5.88 Å². The Bertz CT molecular complexity index is 401. The van der Waals surface area contributed by atoms with Gasteiger partial charge in [0, 0.05) is 20.2 Å². The molecule has 6 heteroatoms. The number of nitrogens with zero attached hydrogens (tertiary/aromatic N) is 2. The lowest BCUT2D eigenvalue weighted by atomic mass is 10.2. The molecule has 0 radical (unpaired) electrons. The normalized spacial score (nSPS) is 12.3. The van der Waals surface area contributed by atoms with Gasteiger partial charge in [0.25, 0.3) is 5.91 Å². The number of ether oxygens (including phenoxy) is 1. The summed E-state index contributed by atoms with van der Waals surface area (Å²) in [4.78, 5) is 12.0. The number of methoxy groups -OCH3 is 1. The van der Waals surface area contributed by atoms with Gasteiger partial charge in [-0.25, -0.2) is 4.68 Å². The lowest BCUT2D eigenvalue weighted by Gasteiger charge is -2.10. The fourth-order valence-electron chi connectivity index (χ4n) is 1.55. The van der Waals surface area contributed by atoms with E-state index in [-0.39, 0.29) is 18.4 Å².